The minimum atomic E-state index is -0.551. The topological polar surface area (TPSA) is 21.3 Å². The summed E-state index contributed by atoms with van der Waals surface area (Å²) in [5, 5.41) is 3.02. The van der Waals surface area contributed by atoms with Crippen molar-refractivity contribution in [3.63, 3.8) is 0 Å². The Morgan fingerprint density at radius 1 is 1.33 bits per heavy atom. The molecule has 1 aliphatic heterocycles. The molecule has 0 bridgehead atoms. The van der Waals surface area contributed by atoms with Crippen LogP contribution in [-0.4, -0.2) is 19.8 Å². The Bertz CT molecular complexity index is 343. The molecule has 0 aromatic heterocycles. The molecule has 1 aromatic carbocycles. The first-order valence-corrected chi connectivity index (χ1v) is 5.43. The summed E-state index contributed by atoms with van der Waals surface area (Å²) in [6.07, 6.45) is 0. The summed E-state index contributed by atoms with van der Waals surface area (Å²) in [6.45, 7) is 1.49. The quantitative estimate of drug-likeness (QED) is 0.851. The highest BCUT2D eigenvalue weighted by atomic mass is 79.9. The van der Waals surface area contributed by atoms with Crippen LogP contribution < -0.4 is 5.32 Å². The summed E-state index contributed by atoms with van der Waals surface area (Å²) >= 11 is 3.04. The van der Waals surface area contributed by atoms with Crippen LogP contribution in [0.1, 0.15) is 11.6 Å². The Kier molecular flexibility index (Phi) is 3.33. The lowest BCUT2D eigenvalue weighted by atomic mass is 10.1. The maximum atomic E-state index is 13.5. The van der Waals surface area contributed by atoms with Crippen LogP contribution in [0.2, 0.25) is 0 Å². The molecule has 1 fully saturated rings. The summed E-state index contributed by atoms with van der Waals surface area (Å²) in [6, 6.07) is 2.12. The van der Waals surface area contributed by atoms with Crippen molar-refractivity contribution < 1.29 is 13.5 Å². The second-order valence-electron chi connectivity index (χ2n) is 3.36. The second-order valence-corrected chi connectivity index (χ2v) is 4.28. The second kappa shape index (κ2) is 4.55. The van der Waals surface area contributed by atoms with Crippen LogP contribution in [0.4, 0.5) is 8.78 Å². The molecule has 82 valence electrons. The van der Waals surface area contributed by atoms with Gasteiger partial charge in [0.15, 0.2) is 0 Å². The van der Waals surface area contributed by atoms with Gasteiger partial charge >= 0.3 is 0 Å². The van der Waals surface area contributed by atoms with Crippen LogP contribution in [0.25, 0.3) is 0 Å². The molecular weight excluding hydrogens is 268 g/mol. The monoisotopic (exact) mass is 277 g/mol. The van der Waals surface area contributed by atoms with E-state index in [0.29, 0.717) is 24.2 Å². The lowest BCUT2D eigenvalue weighted by Crippen LogP contribution is -2.35. The summed E-state index contributed by atoms with van der Waals surface area (Å²) in [4.78, 5) is 0. The molecule has 0 spiro atoms. The Labute approximate surface area is 94.7 Å². The summed E-state index contributed by atoms with van der Waals surface area (Å²) in [7, 11) is 0. The normalized spacial score (nSPS) is 21.7. The average molecular weight is 278 g/mol. The van der Waals surface area contributed by atoms with Crippen LogP contribution in [0.5, 0.6) is 0 Å². The Morgan fingerprint density at radius 3 is 2.53 bits per heavy atom. The number of halogens is 3. The first-order valence-electron chi connectivity index (χ1n) is 4.64. The van der Waals surface area contributed by atoms with E-state index < -0.39 is 17.7 Å². The number of morpholine rings is 1. The smallest absolute Gasteiger partial charge is 0.132 e. The number of nitrogens with one attached hydrogen (secondary N) is 1. The molecule has 1 atom stereocenters. The van der Waals surface area contributed by atoms with Crippen molar-refractivity contribution in [2.75, 3.05) is 19.8 Å². The lowest BCUT2D eigenvalue weighted by molar-refractivity contribution is 0.0745. The van der Waals surface area contributed by atoms with Crippen molar-refractivity contribution in [3.8, 4) is 0 Å². The molecule has 0 amide bonds. The number of ether oxygens (including phenoxy) is 1. The van der Waals surface area contributed by atoms with Gasteiger partial charge in [0, 0.05) is 16.6 Å². The highest BCUT2D eigenvalue weighted by Crippen LogP contribution is 2.25. The minimum absolute atomic E-state index is 0.0536. The van der Waals surface area contributed by atoms with Crippen LogP contribution >= 0.6 is 15.9 Å². The fraction of sp³-hybridized carbons (Fsp3) is 0.400. The third-order valence-electron chi connectivity index (χ3n) is 2.31. The van der Waals surface area contributed by atoms with E-state index in [9.17, 15) is 8.78 Å². The first-order chi connectivity index (χ1) is 7.18. The third kappa shape index (κ3) is 2.35. The molecule has 1 N–H and O–H groups in total. The maximum absolute atomic E-state index is 13.5. The van der Waals surface area contributed by atoms with E-state index in [1.807, 2.05) is 0 Å². The molecule has 2 nitrogen and oxygen atoms in total. The van der Waals surface area contributed by atoms with Crippen LogP contribution in [0.3, 0.4) is 0 Å². The molecule has 1 saturated heterocycles. The molecule has 1 aliphatic rings. The van der Waals surface area contributed by atoms with Gasteiger partial charge in [-0.3, -0.25) is 0 Å². The zero-order chi connectivity index (χ0) is 10.8. The fourth-order valence-electron chi connectivity index (χ4n) is 1.64. The number of hydrogen-bond acceptors (Lipinski definition) is 2. The van der Waals surface area contributed by atoms with Gasteiger partial charge in [0.1, 0.15) is 11.6 Å². The van der Waals surface area contributed by atoms with E-state index in [1.165, 1.54) is 12.1 Å². The summed E-state index contributed by atoms with van der Waals surface area (Å²) in [5.41, 5.74) is 0.0536. The molecule has 0 aliphatic carbocycles. The first kappa shape index (κ1) is 11.0. The lowest BCUT2D eigenvalue weighted by Gasteiger charge is -2.24. The van der Waals surface area contributed by atoms with E-state index in [0.717, 1.165) is 0 Å². The van der Waals surface area contributed by atoms with E-state index in [2.05, 4.69) is 21.2 Å². The third-order valence-corrected chi connectivity index (χ3v) is 2.77. The molecule has 15 heavy (non-hydrogen) atoms. The van der Waals surface area contributed by atoms with E-state index in [-0.39, 0.29) is 5.56 Å². The van der Waals surface area contributed by atoms with E-state index >= 15 is 0 Å². The Morgan fingerprint density at radius 2 is 2.00 bits per heavy atom. The zero-order valence-corrected chi connectivity index (χ0v) is 9.48. The van der Waals surface area contributed by atoms with Gasteiger partial charge in [-0.15, -0.1) is 0 Å². The largest absolute Gasteiger partial charge is 0.378 e. The fourth-order valence-corrected chi connectivity index (χ4v) is 2.04. The van der Waals surface area contributed by atoms with Crippen molar-refractivity contribution in [1.29, 1.82) is 0 Å². The zero-order valence-electron chi connectivity index (χ0n) is 7.90. The molecule has 0 radical (unpaired) electrons. The van der Waals surface area contributed by atoms with Gasteiger partial charge in [0.25, 0.3) is 0 Å². The van der Waals surface area contributed by atoms with Crippen molar-refractivity contribution in [2.24, 2.45) is 0 Å². The predicted octanol–water partition coefficient (Wildman–Crippen LogP) is 2.39. The molecule has 1 aromatic rings. The minimum Gasteiger partial charge on any atom is -0.378 e. The van der Waals surface area contributed by atoms with Gasteiger partial charge in [0.05, 0.1) is 19.3 Å². The van der Waals surface area contributed by atoms with Gasteiger partial charge < -0.3 is 10.1 Å². The highest BCUT2D eigenvalue weighted by molar-refractivity contribution is 9.10. The Hall–Kier alpha value is -0.520. The van der Waals surface area contributed by atoms with Crippen LogP contribution in [-0.2, 0) is 4.74 Å². The molecule has 5 heteroatoms. The SMILES string of the molecule is Fc1cc(Br)cc(F)c1C1COCCN1. The molecule has 1 heterocycles. The van der Waals surface area contributed by atoms with Crippen LogP contribution in [0, 0.1) is 11.6 Å². The van der Waals surface area contributed by atoms with E-state index in [4.69, 9.17) is 4.74 Å². The van der Waals surface area contributed by atoms with Crippen LogP contribution in [0.15, 0.2) is 16.6 Å². The molecule has 2 rings (SSSR count). The molecule has 1 unspecified atom stereocenters. The van der Waals surface area contributed by atoms with Crippen molar-refractivity contribution in [2.45, 2.75) is 6.04 Å². The number of benzene rings is 1. The molecule has 0 saturated carbocycles. The van der Waals surface area contributed by atoms with Gasteiger partial charge in [0.2, 0.25) is 0 Å². The van der Waals surface area contributed by atoms with Gasteiger partial charge in [-0.2, -0.15) is 0 Å². The van der Waals surface area contributed by atoms with Gasteiger partial charge in [-0.05, 0) is 12.1 Å². The average Bonchev–Trinajstić information content (AvgIpc) is 2.17. The maximum Gasteiger partial charge on any atom is 0.132 e. The number of hydrogen-bond donors (Lipinski definition) is 1. The highest BCUT2D eigenvalue weighted by Gasteiger charge is 2.22. The summed E-state index contributed by atoms with van der Waals surface area (Å²) < 4.78 is 32.6. The van der Waals surface area contributed by atoms with Crippen molar-refractivity contribution in [1.82, 2.24) is 5.32 Å². The van der Waals surface area contributed by atoms with Gasteiger partial charge in [-0.25, -0.2) is 8.78 Å². The molecular formula is C10H10BrF2NO. The van der Waals surface area contributed by atoms with Gasteiger partial charge in [-0.1, -0.05) is 15.9 Å². The van der Waals surface area contributed by atoms with Crippen molar-refractivity contribution >= 4 is 15.9 Å². The van der Waals surface area contributed by atoms with Crippen molar-refractivity contribution in [3.05, 3.63) is 33.8 Å². The predicted molar refractivity (Wildman–Crippen MR) is 55.6 cm³/mol. The standard InChI is InChI=1S/C10H10BrF2NO/c11-6-3-7(12)10(8(13)4-6)9-5-15-2-1-14-9/h3-4,9,14H,1-2,5H2. The summed E-state index contributed by atoms with van der Waals surface area (Å²) in [5.74, 6) is -1.10. The number of rotatable bonds is 1. The Balaban J connectivity index is 2.33. The van der Waals surface area contributed by atoms with E-state index in [1.54, 1.807) is 0 Å².